The van der Waals surface area contributed by atoms with Crippen LogP contribution in [-0.2, 0) is 0 Å². The molecule has 0 amide bonds. The molecule has 0 aliphatic rings. The summed E-state index contributed by atoms with van der Waals surface area (Å²) >= 11 is 4.77. The number of nitrogens with one attached hydrogen (secondary N) is 2. The summed E-state index contributed by atoms with van der Waals surface area (Å²) in [5.74, 6) is 0.541. The smallest absolute Gasteiger partial charge is 0.213 e. The number of aromatic amines is 2. The van der Waals surface area contributed by atoms with E-state index in [2.05, 4.69) is 30.1 Å². The van der Waals surface area contributed by atoms with Crippen LogP contribution in [-0.4, -0.2) is 25.5 Å². The van der Waals surface area contributed by atoms with Crippen molar-refractivity contribution >= 4 is 12.2 Å². The predicted octanol–water partition coefficient (Wildman–Crippen LogP) is 0.826. The normalized spacial score (nSPS) is 10.4. The van der Waals surface area contributed by atoms with Crippen LogP contribution in [0.25, 0.3) is 11.5 Å². The summed E-state index contributed by atoms with van der Waals surface area (Å²) in [4.78, 5) is 3.96. The molecule has 0 saturated heterocycles. The lowest BCUT2D eigenvalue weighted by Crippen LogP contribution is -1.83. The van der Waals surface area contributed by atoms with Gasteiger partial charge in [0.05, 0.1) is 0 Å². The second-order valence-electron chi connectivity index (χ2n) is 2.21. The van der Waals surface area contributed by atoms with Crippen LogP contribution < -0.4 is 0 Å². The maximum absolute atomic E-state index is 4.77. The van der Waals surface area contributed by atoms with Crippen LogP contribution in [0.4, 0.5) is 0 Å². The molecule has 0 fully saturated rings. The molecule has 0 radical (unpaired) electrons. The Morgan fingerprint density at radius 3 is 2.67 bits per heavy atom. The molecule has 6 nitrogen and oxygen atoms in total. The summed E-state index contributed by atoms with van der Waals surface area (Å²) in [7, 11) is 0. The molecule has 2 N–H and O–H groups in total. The Balaban J connectivity index is 2.57. The van der Waals surface area contributed by atoms with Crippen molar-refractivity contribution in [2.45, 2.75) is 6.92 Å². The first-order chi connectivity index (χ1) is 5.77. The molecule has 12 heavy (non-hydrogen) atoms. The van der Waals surface area contributed by atoms with Crippen LogP contribution in [0.1, 0.15) is 5.69 Å². The monoisotopic (exact) mass is 183 g/mol. The third kappa shape index (κ3) is 1.03. The number of rotatable bonds is 1. The molecule has 2 aromatic rings. The van der Waals surface area contributed by atoms with Crippen LogP contribution >= 0.6 is 12.2 Å². The van der Waals surface area contributed by atoms with Gasteiger partial charge in [0.15, 0.2) is 11.5 Å². The molecule has 2 rings (SSSR count). The fourth-order valence-electron chi connectivity index (χ4n) is 0.829. The maximum Gasteiger partial charge on any atom is 0.213 e. The van der Waals surface area contributed by atoms with Crippen LogP contribution in [0.2, 0.25) is 0 Å². The average molecular weight is 183 g/mol. The Kier molecular flexibility index (Phi) is 1.51. The number of nitrogens with zero attached hydrogens (tertiary/aromatic N) is 3. The molecule has 0 bridgehead atoms. The van der Waals surface area contributed by atoms with Crippen molar-refractivity contribution in [2.75, 3.05) is 0 Å². The van der Waals surface area contributed by atoms with Crippen LogP contribution in [0.5, 0.6) is 0 Å². The van der Waals surface area contributed by atoms with E-state index >= 15 is 0 Å². The highest BCUT2D eigenvalue weighted by Gasteiger charge is 2.10. The van der Waals surface area contributed by atoms with E-state index in [1.807, 2.05) is 0 Å². The topological polar surface area (TPSA) is 83.4 Å². The third-order valence-electron chi connectivity index (χ3n) is 1.38. The number of hydrogen-bond acceptors (Lipinski definition) is 5. The van der Waals surface area contributed by atoms with Crippen LogP contribution in [0.15, 0.2) is 4.63 Å². The highest BCUT2D eigenvalue weighted by molar-refractivity contribution is 7.71. The Morgan fingerprint density at radius 2 is 2.17 bits per heavy atom. The third-order valence-corrected chi connectivity index (χ3v) is 1.57. The second kappa shape index (κ2) is 2.52. The number of aryl methyl sites for hydroxylation is 1. The van der Waals surface area contributed by atoms with Crippen LogP contribution in [0, 0.1) is 11.7 Å². The predicted molar refractivity (Wildman–Crippen MR) is 41.8 cm³/mol. The zero-order chi connectivity index (χ0) is 8.55. The molecule has 7 heteroatoms. The van der Waals surface area contributed by atoms with E-state index < -0.39 is 0 Å². The Bertz CT molecular complexity index is 440. The van der Waals surface area contributed by atoms with E-state index in [4.69, 9.17) is 12.2 Å². The van der Waals surface area contributed by atoms with Crippen molar-refractivity contribution in [1.82, 2.24) is 25.5 Å². The van der Waals surface area contributed by atoms with E-state index in [0.717, 1.165) is 0 Å². The molecule has 0 atom stereocenters. The lowest BCUT2D eigenvalue weighted by atomic mass is 10.3. The van der Waals surface area contributed by atoms with Gasteiger partial charge in [-0.3, -0.25) is 10.2 Å². The van der Waals surface area contributed by atoms with Gasteiger partial charge in [-0.2, -0.15) is 4.98 Å². The van der Waals surface area contributed by atoms with Gasteiger partial charge in [-0.25, -0.2) is 4.63 Å². The first-order valence-electron chi connectivity index (χ1n) is 3.21. The molecule has 0 spiro atoms. The van der Waals surface area contributed by atoms with Gasteiger partial charge in [-0.15, -0.1) is 0 Å². The lowest BCUT2D eigenvalue weighted by molar-refractivity contribution is 0.305. The summed E-state index contributed by atoms with van der Waals surface area (Å²) in [6, 6.07) is 0. The SMILES string of the molecule is Cc1nonc1-c1nc(=S)[nH][nH]1. The summed E-state index contributed by atoms with van der Waals surface area (Å²) in [6.07, 6.45) is 0. The molecule has 2 aromatic heterocycles. The lowest BCUT2D eigenvalue weighted by Gasteiger charge is -1.84. The van der Waals surface area contributed by atoms with Gasteiger partial charge >= 0.3 is 0 Å². The number of hydrogen-bond donors (Lipinski definition) is 2. The van der Waals surface area contributed by atoms with Crippen molar-refractivity contribution in [1.29, 1.82) is 0 Å². The van der Waals surface area contributed by atoms with E-state index in [-0.39, 0.29) is 0 Å². The number of H-pyrrole nitrogens is 2. The van der Waals surface area contributed by atoms with Crippen molar-refractivity contribution in [3.63, 3.8) is 0 Å². The number of aromatic nitrogens is 5. The highest BCUT2D eigenvalue weighted by Crippen LogP contribution is 2.13. The molecule has 0 unspecified atom stereocenters. The molecule has 0 aliphatic heterocycles. The standard InChI is InChI=1S/C5H5N5OS/c1-2-3(10-11-9-2)4-6-5(12)8-7-4/h1H3,(H2,6,7,8,12). The molecular weight excluding hydrogens is 178 g/mol. The van der Waals surface area contributed by atoms with Gasteiger partial charge in [-0.05, 0) is 24.3 Å². The van der Waals surface area contributed by atoms with Gasteiger partial charge in [0.25, 0.3) is 0 Å². The Hall–Kier alpha value is -1.50. The van der Waals surface area contributed by atoms with Gasteiger partial charge in [0.2, 0.25) is 4.77 Å². The van der Waals surface area contributed by atoms with Crippen molar-refractivity contribution in [3.8, 4) is 11.5 Å². The zero-order valence-corrected chi connectivity index (χ0v) is 6.97. The minimum absolute atomic E-state index is 0.382. The van der Waals surface area contributed by atoms with Gasteiger partial charge in [-0.1, -0.05) is 5.16 Å². The van der Waals surface area contributed by atoms with Gasteiger partial charge in [0, 0.05) is 0 Å². The van der Waals surface area contributed by atoms with Crippen LogP contribution in [0.3, 0.4) is 0 Å². The van der Waals surface area contributed by atoms with Gasteiger partial charge in [0.1, 0.15) is 5.69 Å². The molecular formula is C5H5N5OS. The first kappa shape index (κ1) is 7.17. The fraction of sp³-hybridized carbons (Fsp3) is 0.200. The zero-order valence-electron chi connectivity index (χ0n) is 6.16. The largest absolute Gasteiger partial charge is 0.280 e. The van der Waals surface area contributed by atoms with Crippen molar-refractivity contribution < 1.29 is 4.63 Å². The van der Waals surface area contributed by atoms with E-state index in [1.165, 1.54) is 0 Å². The second-order valence-corrected chi connectivity index (χ2v) is 2.60. The summed E-state index contributed by atoms with van der Waals surface area (Å²) in [6.45, 7) is 1.78. The Morgan fingerprint density at radius 1 is 1.33 bits per heavy atom. The molecule has 0 aliphatic carbocycles. The maximum atomic E-state index is 4.77. The van der Waals surface area contributed by atoms with E-state index in [9.17, 15) is 0 Å². The van der Waals surface area contributed by atoms with Crippen molar-refractivity contribution in [2.24, 2.45) is 0 Å². The summed E-state index contributed by atoms with van der Waals surface area (Å²) < 4.78 is 4.88. The quantitative estimate of drug-likeness (QED) is 0.639. The van der Waals surface area contributed by atoms with E-state index in [1.54, 1.807) is 6.92 Å². The van der Waals surface area contributed by atoms with Gasteiger partial charge < -0.3 is 0 Å². The summed E-state index contributed by atoms with van der Waals surface area (Å²) in [5, 5.41) is 12.7. The molecule has 0 aromatic carbocycles. The Labute approximate surface area is 72.0 Å². The minimum Gasteiger partial charge on any atom is -0.280 e. The highest BCUT2D eigenvalue weighted by atomic mass is 32.1. The summed E-state index contributed by atoms with van der Waals surface area (Å²) in [5.41, 5.74) is 1.25. The van der Waals surface area contributed by atoms with E-state index in [0.29, 0.717) is 22.0 Å². The first-order valence-corrected chi connectivity index (χ1v) is 3.62. The van der Waals surface area contributed by atoms with Crippen molar-refractivity contribution in [3.05, 3.63) is 10.5 Å². The minimum atomic E-state index is 0.382. The fourth-order valence-corrected chi connectivity index (χ4v) is 0.971. The molecule has 0 saturated carbocycles. The molecule has 2 heterocycles. The molecule has 62 valence electrons. The average Bonchev–Trinajstić information content (AvgIpc) is 2.58.